The number of carboxylic acids is 1. The molecule has 2 rings (SSSR count). The first-order chi connectivity index (χ1) is 12.3. The number of carboxylic acid groups (broad SMARTS) is 1. The summed E-state index contributed by atoms with van der Waals surface area (Å²) in [6.07, 6.45) is 1.48. The van der Waals surface area contributed by atoms with Crippen LogP contribution in [0, 0.1) is 0 Å². The van der Waals surface area contributed by atoms with Crippen LogP contribution < -0.4 is 15.8 Å². The Morgan fingerprint density at radius 2 is 1.96 bits per heavy atom. The third-order valence-electron chi connectivity index (χ3n) is 4.01. The zero-order valence-corrected chi connectivity index (χ0v) is 15.4. The number of amides is 2. The number of rotatable bonds is 5. The molecule has 0 aromatic heterocycles. The van der Waals surface area contributed by atoms with Gasteiger partial charge in [0.25, 0.3) is 0 Å². The minimum Gasteiger partial charge on any atom is -0.497 e. The summed E-state index contributed by atoms with van der Waals surface area (Å²) >= 11 is 0. The highest BCUT2D eigenvalue weighted by atomic mass is 16.5. The Bertz CT molecular complexity index is 618. The lowest BCUT2D eigenvalue weighted by Gasteiger charge is -2.25. The van der Waals surface area contributed by atoms with Gasteiger partial charge in [0, 0.05) is 18.7 Å². The van der Waals surface area contributed by atoms with Crippen molar-refractivity contribution in [2.75, 3.05) is 19.4 Å². The molecule has 8 heteroatoms. The number of hydrogen-bond acceptors (Lipinski definition) is 5. The molecule has 1 saturated heterocycles. The zero-order valence-electron chi connectivity index (χ0n) is 15.4. The number of carbonyl (C=O) groups is 3. The van der Waals surface area contributed by atoms with Crippen LogP contribution in [0.15, 0.2) is 24.3 Å². The number of hydrogen-bond donors (Lipinski definition) is 3. The topological polar surface area (TPSA) is 122 Å². The maximum Gasteiger partial charge on any atom is 0.326 e. The van der Waals surface area contributed by atoms with Gasteiger partial charge >= 0.3 is 5.97 Å². The summed E-state index contributed by atoms with van der Waals surface area (Å²) in [5, 5.41) is 11.5. The van der Waals surface area contributed by atoms with Gasteiger partial charge < -0.3 is 25.8 Å². The second-order valence-corrected chi connectivity index (χ2v) is 5.94. The van der Waals surface area contributed by atoms with Crippen LogP contribution in [0.1, 0.15) is 33.1 Å². The van der Waals surface area contributed by atoms with Crippen LogP contribution in [0.4, 0.5) is 5.69 Å². The molecule has 0 aliphatic carbocycles. The number of likely N-dealkylation sites (tertiary alicyclic amines) is 1. The summed E-state index contributed by atoms with van der Waals surface area (Å²) in [5.41, 5.74) is 6.19. The molecule has 1 aromatic carbocycles. The van der Waals surface area contributed by atoms with Gasteiger partial charge in [0.15, 0.2) is 0 Å². The molecule has 2 atom stereocenters. The normalized spacial score (nSPS) is 16.9. The molecule has 26 heavy (non-hydrogen) atoms. The fourth-order valence-corrected chi connectivity index (χ4v) is 2.55. The van der Waals surface area contributed by atoms with Crippen molar-refractivity contribution in [3.8, 4) is 5.75 Å². The summed E-state index contributed by atoms with van der Waals surface area (Å²) < 4.78 is 4.91. The van der Waals surface area contributed by atoms with E-state index < -0.39 is 18.1 Å². The maximum absolute atomic E-state index is 12.0. The van der Waals surface area contributed by atoms with Crippen LogP contribution in [-0.4, -0.2) is 53.5 Å². The Morgan fingerprint density at radius 3 is 2.46 bits per heavy atom. The summed E-state index contributed by atoms with van der Waals surface area (Å²) in [6.45, 7) is 3.72. The second kappa shape index (κ2) is 10.3. The van der Waals surface area contributed by atoms with Gasteiger partial charge in [-0.25, -0.2) is 4.79 Å². The Labute approximate surface area is 153 Å². The van der Waals surface area contributed by atoms with Crippen LogP contribution in [0.25, 0.3) is 0 Å². The molecule has 2 amide bonds. The molecule has 1 aliphatic heterocycles. The molecular weight excluding hydrogens is 338 g/mol. The highest BCUT2D eigenvalue weighted by molar-refractivity contribution is 5.90. The molecular formula is C18H27N3O5. The number of benzene rings is 1. The lowest BCUT2D eigenvalue weighted by Crippen LogP contribution is -2.50. The van der Waals surface area contributed by atoms with E-state index in [1.807, 2.05) is 12.1 Å². The van der Waals surface area contributed by atoms with E-state index in [4.69, 9.17) is 15.6 Å². The number of carbonyl (C=O) groups excluding carboxylic acids is 2. The number of nitrogens with zero attached hydrogens (tertiary/aromatic N) is 1. The lowest BCUT2D eigenvalue weighted by atomic mass is 10.2. The third-order valence-corrected chi connectivity index (χ3v) is 4.01. The second-order valence-electron chi connectivity index (χ2n) is 5.94. The van der Waals surface area contributed by atoms with Crippen molar-refractivity contribution in [1.82, 2.24) is 10.2 Å². The largest absolute Gasteiger partial charge is 0.497 e. The van der Waals surface area contributed by atoms with Gasteiger partial charge in [0.2, 0.25) is 11.8 Å². The first kappa shape index (κ1) is 21.3. The number of nitrogens with one attached hydrogen (secondary N) is 1. The standard InChI is InChI=1S/C11H18N2O4.C7H9NO/c1-3-9(14)12-7(2)10(15)13-6-4-5-8(13)11(16)17;1-9-7-4-2-6(8)3-5-7/h7-8H,3-6H2,1-2H3,(H,12,14)(H,16,17);2-5H,8H2,1H3/t7-,8-;/m0./s1. The van der Waals surface area contributed by atoms with E-state index in [1.54, 1.807) is 33.1 Å². The third kappa shape index (κ3) is 6.27. The van der Waals surface area contributed by atoms with E-state index in [0.717, 1.165) is 11.4 Å². The number of aliphatic carboxylic acids is 1. The van der Waals surface area contributed by atoms with Gasteiger partial charge in [0.05, 0.1) is 7.11 Å². The molecule has 0 unspecified atom stereocenters. The monoisotopic (exact) mass is 365 g/mol. The fraction of sp³-hybridized carbons (Fsp3) is 0.500. The molecule has 0 spiro atoms. The van der Waals surface area contributed by atoms with E-state index >= 15 is 0 Å². The number of nitrogen functional groups attached to an aromatic ring is 1. The van der Waals surface area contributed by atoms with Gasteiger partial charge in [-0.3, -0.25) is 9.59 Å². The molecule has 1 aromatic rings. The zero-order chi connectivity index (χ0) is 19.7. The van der Waals surface area contributed by atoms with E-state index in [9.17, 15) is 14.4 Å². The molecule has 1 fully saturated rings. The molecule has 0 saturated carbocycles. The van der Waals surface area contributed by atoms with Gasteiger partial charge in [-0.05, 0) is 44.0 Å². The SMILES string of the molecule is CCC(=O)N[C@@H](C)C(=O)N1CCC[C@H]1C(=O)O.COc1ccc(N)cc1. The summed E-state index contributed by atoms with van der Waals surface area (Å²) in [4.78, 5) is 35.4. The van der Waals surface area contributed by atoms with Crippen molar-refractivity contribution in [2.45, 2.75) is 45.2 Å². The minimum absolute atomic E-state index is 0.211. The summed E-state index contributed by atoms with van der Waals surface area (Å²) in [6, 6.07) is 5.85. The smallest absolute Gasteiger partial charge is 0.326 e. The molecule has 8 nitrogen and oxygen atoms in total. The van der Waals surface area contributed by atoms with Gasteiger partial charge in [-0.1, -0.05) is 6.92 Å². The van der Waals surface area contributed by atoms with Gasteiger partial charge in [0.1, 0.15) is 17.8 Å². The van der Waals surface area contributed by atoms with Crippen molar-refractivity contribution in [3.05, 3.63) is 24.3 Å². The van der Waals surface area contributed by atoms with Crippen LogP contribution >= 0.6 is 0 Å². The number of nitrogens with two attached hydrogens (primary N) is 1. The first-order valence-corrected chi connectivity index (χ1v) is 8.52. The molecule has 0 bridgehead atoms. The Morgan fingerprint density at radius 1 is 1.35 bits per heavy atom. The molecule has 144 valence electrons. The van der Waals surface area contributed by atoms with Gasteiger partial charge in [-0.15, -0.1) is 0 Å². The van der Waals surface area contributed by atoms with E-state index in [1.165, 1.54) is 4.90 Å². The average molecular weight is 365 g/mol. The molecule has 1 aliphatic rings. The molecule has 4 N–H and O–H groups in total. The number of anilines is 1. The fourth-order valence-electron chi connectivity index (χ4n) is 2.55. The first-order valence-electron chi connectivity index (χ1n) is 8.52. The highest BCUT2D eigenvalue weighted by Crippen LogP contribution is 2.18. The summed E-state index contributed by atoms with van der Waals surface area (Å²) in [5.74, 6) is -0.678. The van der Waals surface area contributed by atoms with Crippen molar-refractivity contribution in [3.63, 3.8) is 0 Å². The highest BCUT2D eigenvalue weighted by Gasteiger charge is 2.35. The average Bonchev–Trinajstić information content (AvgIpc) is 3.12. The molecule has 0 radical (unpaired) electrons. The quantitative estimate of drug-likeness (QED) is 0.675. The van der Waals surface area contributed by atoms with Crippen molar-refractivity contribution in [1.29, 1.82) is 0 Å². The minimum atomic E-state index is -0.982. The van der Waals surface area contributed by atoms with E-state index in [2.05, 4.69) is 5.32 Å². The Balaban J connectivity index is 0.000000314. The van der Waals surface area contributed by atoms with Crippen molar-refractivity contribution < 1.29 is 24.2 Å². The van der Waals surface area contributed by atoms with Crippen molar-refractivity contribution in [2.24, 2.45) is 0 Å². The molecule has 1 heterocycles. The van der Waals surface area contributed by atoms with Crippen LogP contribution in [0.5, 0.6) is 5.75 Å². The van der Waals surface area contributed by atoms with Crippen LogP contribution in [-0.2, 0) is 14.4 Å². The Kier molecular flexibility index (Phi) is 8.41. The number of ether oxygens (including phenoxy) is 1. The summed E-state index contributed by atoms with van der Waals surface area (Å²) in [7, 11) is 1.63. The Hall–Kier alpha value is -2.77. The van der Waals surface area contributed by atoms with Crippen LogP contribution in [0.2, 0.25) is 0 Å². The van der Waals surface area contributed by atoms with Crippen molar-refractivity contribution >= 4 is 23.5 Å². The predicted octanol–water partition coefficient (Wildman–Crippen LogP) is 1.25. The number of methoxy groups -OCH3 is 1. The maximum atomic E-state index is 12.0. The van der Waals surface area contributed by atoms with E-state index in [-0.39, 0.29) is 11.8 Å². The predicted molar refractivity (Wildman–Crippen MR) is 97.7 cm³/mol. The van der Waals surface area contributed by atoms with E-state index in [0.29, 0.717) is 25.8 Å². The van der Waals surface area contributed by atoms with Gasteiger partial charge in [-0.2, -0.15) is 0 Å². The lowest BCUT2D eigenvalue weighted by molar-refractivity contribution is -0.149. The van der Waals surface area contributed by atoms with Crippen LogP contribution in [0.3, 0.4) is 0 Å².